The van der Waals surface area contributed by atoms with Crippen LogP contribution in [0.2, 0.25) is 0 Å². The van der Waals surface area contributed by atoms with E-state index in [2.05, 4.69) is 46.0 Å². The van der Waals surface area contributed by atoms with E-state index >= 15 is 0 Å². The van der Waals surface area contributed by atoms with Crippen molar-refractivity contribution in [3.05, 3.63) is 66.0 Å². The summed E-state index contributed by atoms with van der Waals surface area (Å²) in [7, 11) is 5.00. The Balaban J connectivity index is 0.00000341. The number of ether oxygens (including phenoxy) is 2. The first-order valence-corrected chi connectivity index (χ1v) is 9.95. The number of anilines is 1. The third-order valence-corrected chi connectivity index (χ3v) is 4.81. The minimum atomic E-state index is 0. The average molecular weight is 535 g/mol. The maximum Gasteiger partial charge on any atom is 0.195 e. The third-order valence-electron chi connectivity index (χ3n) is 4.81. The molecule has 0 aliphatic carbocycles. The van der Waals surface area contributed by atoms with Crippen LogP contribution in [-0.4, -0.2) is 43.6 Å². The summed E-state index contributed by atoms with van der Waals surface area (Å²) in [5.41, 5.74) is 4.26. The highest BCUT2D eigenvalue weighted by Gasteiger charge is 2.08. The Morgan fingerprint density at radius 2 is 1.81 bits per heavy atom. The third kappa shape index (κ3) is 6.61. The molecule has 0 atom stereocenters. The van der Waals surface area contributed by atoms with Crippen molar-refractivity contribution in [3.8, 4) is 17.2 Å². The van der Waals surface area contributed by atoms with Gasteiger partial charge >= 0.3 is 0 Å². The Bertz CT molecular complexity index is 989. The maximum absolute atomic E-state index is 5.35. The number of rotatable bonds is 8. The average Bonchev–Trinajstić information content (AvgIpc) is 3.16. The van der Waals surface area contributed by atoms with Crippen molar-refractivity contribution in [3.63, 3.8) is 0 Å². The maximum atomic E-state index is 5.35. The summed E-state index contributed by atoms with van der Waals surface area (Å²) >= 11 is 0. The van der Waals surface area contributed by atoms with Crippen LogP contribution in [0.25, 0.3) is 5.69 Å². The van der Waals surface area contributed by atoms with Crippen LogP contribution in [-0.2, 0) is 6.42 Å². The summed E-state index contributed by atoms with van der Waals surface area (Å²) in [5.74, 6) is 2.07. The number of aliphatic imine (C=N–C) groups is 1. The predicted octanol–water partition coefficient (Wildman–Crippen LogP) is 4.44. The zero-order valence-corrected chi connectivity index (χ0v) is 20.7. The van der Waals surface area contributed by atoms with Gasteiger partial charge in [0.05, 0.1) is 25.6 Å². The van der Waals surface area contributed by atoms with E-state index in [0.29, 0.717) is 17.5 Å². The standard InChI is InChI=1S/C23H29N5O2.HI/c1-17-18(16-28(27-17)20-10-6-5-7-11-20)9-8-14-25-23(24-2)26-19-12-13-21(29-3)22(15-19)30-4;/h5-7,10-13,15-16H,8-9,14H2,1-4H3,(H2,24,25,26);1H. The second kappa shape index (κ2) is 12.2. The molecular formula is C23H30IN5O2. The van der Waals surface area contributed by atoms with Crippen molar-refractivity contribution >= 4 is 35.6 Å². The fourth-order valence-electron chi connectivity index (χ4n) is 3.17. The van der Waals surface area contributed by atoms with Crippen molar-refractivity contribution in [1.82, 2.24) is 15.1 Å². The molecular weight excluding hydrogens is 505 g/mol. The second-order valence-electron chi connectivity index (χ2n) is 6.82. The molecule has 0 radical (unpaired) electrons. The van der Waals surface area contributed by atoms with Crippen molar-refractivity contribution in [2.45, 2.75) is 19.8 Å². The Hall–Kier alpha value is -2.75. The highest BCUT2D eigenvalue weighted by atomic mass is 127. The lowest BCUT2D eigenvalue weighted by Gasteiger charge is -2.14. The molecule has 0 saturated carbocycles. The number of benzene rings is 2. The molecule has 0 unspecified atom stereocenters. The smallest absolute Gasteiger partial charge is 0.195 e. The number of methoxy groups -OCH3 is 2. The number of guanidine groups is 1. The lowest BCUT2D eigenvalue weighted by molar-refractivity contribution is 0.355. The summed E-state index contributed by atoms with van der Waals surface area (Å²) in [6.45, 7) is 2.85. The van der Waals surface area contributed by atoms with E-state index < -0.39 is 0 Å². The van der Waals surface area contributed by atoms with Crippen LogP contribution in [0.5, 0.6) is 11.5 Å². The van der Waals surface area contributed by atoms with E-state index in [1.54, 1.807) is 21.3 Å². The summed E-state index contributed by atoms with van der Waals surface area (Å²) in [5, 5.41) is 11.3. The number of halogens is 1. The molecule has 0 amide bonds. The number of hydrogen-bond acceptors (Lipinski definition) is 4. The SMILES string of the molecule is CN=C(NCCCc1cn(-c2ccccc2)nc1C)Nc1ccc(OC)c(OC)c1.I. The number of nitrogens with zero attached hydrogens (tertiary/aromatic N) is 3. The number of nitrogens with one attached hydrogen (secondary N) is 2. The lowest BCUT2D eigenvalue weighted by atomic mass is 10.1. The largest absolute Gasteiger partial charge is 0.493 e. The lowest BCUT2D eigenvalue weighted by Crippen LogP contribution is -2.31. The molecule has 8 heteroatoms. The van der Waals surface area contributed by atoms with Crippen LogP contribution in [0.1, 0.15) is 17.7 Å². The van der Waals surface area contributed by atoms with E-state index in [9.17, 15) is 0 Å². The fraction of sp³-hybridized carbons (Fsp3) is 0.304. The van der Waals surface area contributed by atoms with E-state index in [-0.39, 0.29) is 24.0 Å². The van der Waals surface area contributed by atoms with Crippen molar-refractivity contribution in [2.24, 2.45) is 4.99 Å². The molecule has 3 aromatic rings. The molecule has 0 spiro atoms. The predicted molar refractivity (Wildman–Crippen MR) is 137 cm³/mol. The van der Waals surface area contributed by atoms with Crippen molar-refractivity contribution < 1.29 is 9.47 Å². The summed E-state index contributed by atoms with van der Waals surface area (Å²) in [4.78, 5) is 4.29. The van der Waals surface area contributed by atoms with Crippen LogP contribution in [0, 0.1) is 6.92 Å². The van der Waals surface area contributed by atoms with Gasteiger partial charge in [0, 0.05) is 31.5 Å². The monoisotopic (exact) mass is 535 g/mol. The van der Waals surface area contributed by atoms with Crippen LogP contribution in [0.15, 0.2) is 59.7 Å². The normalized spacial score (nSPS) is 10.9. The van der Waals surface area contributed by atoms with Gasteiger partial charge in [-0.1, -0.05) is 18.2 Å². The first-order valence-electron chi connectivity index (χ1n) is 9.95. The van der Waals surface area contributed by atoms with Crippen LogP contribution in [0.4, 0.5) is 5.69 Å². The first-order chi connectivity index (χ1) is 14.6. The molecule has 0 fully saturated rings. The molecule has 0 aliphatic rings. The van der Waals surface area contributed by atoms with E-state index in [1.165, 1.54) is 5.56 Å². The van der Waals surface area contributed by atoms with Crippen LogP contribution >= 0.6 is 24.0 Å². The highest BCUT2D eigenvalue weighted by Crippen LogP contribution is 2.29. The van der Waals surface area contributed by atoms with Gasteiger partial charge in [0.2, 0.25) is 0 Å². The summed E-state index contributed by atoms with van der Waals surface area (Å²) in [6.07, 6.45) is 4.02. The van der Waals surface area contributed by atoms with Gasteiger partial charge in [-0.15, -0.1) is 24.0 Å². The molecule has 0 bridgehead atoms. The molecule has 2 N–H and O–H groups in total. The molecule has 1 heterocycles. The second-order valence-corrected chi connectivity index (χ2v) is 6.82. The number of aryl methyl sites for hydroxylation is 2. The Morgan fingerprint density at radius 3 is 2.48 bits per heavy atom. The summed E-state index contributed by atoms with van der Waals surface area (Å²) in [6, 6.07) is 15.8. The van der Waals surface area contributed by atoms with Gasteiger partial charge in [0.15, 0.2) is 17.5 Å². The molecule has 166 valence electrons. The molecule has 0 saturated heterocycles. The van der Waals surface area contributed by atoms with Gasteiger partial charge in [-0.3, -0.25) is 4.99 Å². The van der Waals surface area contributed by atoms with Gasteiger partial charge in [-0.05, 0) is 49.6 Å². The Morgan fingerprint density at radius 1 is 1.06 bits per heavy atom. The molecule has 0 aliphatic heterocycles. The topological polar surface area (TPSA) is 72.7 Å². The van der Waals surface area contributed by atoms with Crippen LogP contribution < -0.4 is 20.1 Å². The minimum absolute atomic E-state index is 0. The van der Waals surface area contributed by atoms with Crippen LogP contribution in [0.3, 0.4) is 0 Å². The Labute approximate surface area is 200 Å². The number of aromatic nitrogens is 2. The van der Waals surface area contributed by atoms with Gasteiger partial charge in [-0.25, -0.2) is 4.68 Å². The first kappa shape index (κ1) is 24.5. The quantitative estimate of drug-likeness (QED) is 0.193. The van der Waals surface area contributed by atoms with Gasteiger partial charge in [0.1, 0.15) is 0 Å². The highest BCUT2D eigenvalue weighted by molar-refractivity contribution is 14.0. The molecule has 3 rings (SSSR count). The van der Waals surface area contributed by atoms with E-state index in [4.69, 9.17) is 9.47 Å². The Kier molecular flexibility index (Phi) is 9.64. The molecule has 7 nitrogen and oxygen atoms in total. The molecule has 2 aromatic carbocycles. The number of hydrogen-bond donors (Lipinski definition) is 2. The van der Waals surface area contributed by atoms with E-state index in [0.717, 1.165) is 36.5 Å². The summed E-state index contributed by atoms with van der Waals surface area (Å²) < 4.78 is 12.6. The van der Waals surface area contributed by atoms with Crippen molar-refractivity contribution in [1.29, 1.82) is 0 Å². The zero-order chi connectivity index (χ0) is 21.3. The van der Waals surface area contributed by atoms with Crippen molar-refractivity contribution in [2.75, 3.05) is 33.1 Å². The minimum Gasteiger partial charge on any atom is -0.493 e. The van der Waals surface area contributed by atoms with E-state index in [1.807, 2.05) is 41.1 Å². The van der Waals surface area contributed by atoms with Gasteiger partial charge in [-0.2, -0.15) is 5.10 Å². The molecule has 31 heavy (non-hydrogen) atoms. The zero-order valence-electron chi connectivity index (χ0n) is 18.4. The van der Waals surface area contributed by atoms with Gasteiger partial charge in [0.25, 0.3) is 0 Å². The molecule has 1 aromatic heterocycles. The van der Waals surface area contributed by atoms with Gasteiger partial charge < -0.3 is 20.1 Å². The number of para-hydroxylation sites is 1. The fourth-order valence-corrected chi connectivity index (χ4v) is 3.17.